The molecule has 52 valence electrons. The third kappa shape index (κ3) is 2.16. The molecule has 1 N–H and O–H groups in total. The van der Waals surface area contributed by atoms with Crippen LogP contribution in [-0.2, 0) is 6.54 Å². The first-order valence-electron chi connectivity index (χ1n) is 3.16. The molecule has 0 saturated heterocycles. The fourth-order valence-corrected chi connectivity index (χ4v) is 1.34. The van der Waals surface area contributed by atoms with E-state index >= 15 is 0 Å². The van der Waals surface area contributed by atoms with Crippen LogP contribution in [0.5, 0.6) is 0 Å². The Kier molecular flexibility index (Phi) is 2.74. The van der Waals surface area contributed by atoms with E-state index in [-0.39, 0.29) is 1.43 Å². The van der Waals surface area contributed by atoms with Crippen LogP contribution in [0, 0.1) is 0 Å². The standard InChI is InChI=1S/C7H11NS.H2/c1-2-8-6-7-4-3-5-9-7;/h3-5,8H,2,6H2,1H3;1H. The molecule has 0 spiro atoms. The molecule has 1 rings (SSSR count). The van der Waals surface area contributed by atoms with Crippen molar-refractivity contribution in [3.8, 4) is 0 Å². The Hall–Kier alpha value is -0.340. The summed E-state index contributed by atoms with van der Waals surface area (Å²) < 4.78 is 0. The molecule has 0 aliphatic rings. The average Bonchev–Trinajstić information content (AvgIpc) is 2.34. The van der Waals surface area contributed by atoms with E-state index in [9.17, 15) is 0 Å². The Morgan fingerprint density at radius 3 is 3.22 bits per heavy atom. The topological polar surface area (TPSA) is 12.0 Å². The third-order valence-corrected chi connectivity index (χ3v) is 2.01. The molecule has 0 radical (unpaired) electrons. The zero-order chi connectivity index (χ0) is 6.53. The van der Waals surface area contributed by atoms with Crippen molar-refractivity contribution in [1.82, 2.24) is 5.32 Å². The second-order valence-corrected chi connectivity index (χ2v) is 2.89. The lowest BCUT2D eigenvalue weighted by atomic mass is 10.4. The molecule has 0 aliphatic carbocycles. The van der Waals surface area contributed by atoms with Gasteiger partial charge in [0, 0.05) is 12.8 Å². The van der Waals surface area contributed by atoms with E-state index in [2.05, 4.69) is 29.8 Å². The highest BCUT2D eigenvalue weighted by Gasteiger charge is 1.88. The summed E-state index contributed by atoms with van der Waals surface area (Å²) in [4.78, 5) is 1.41. The summed E-state index contributed by atoms with van der Waals surface area (Å²) in [6.07, 6.45) is 0. The monoisotopic (exact) mass is 143 g/mol. The zero-order valence-electron chi connectivity index (χ0n) is 5.55. The van der Waals surface area contributed by atoms with Crippen molar-refractivity contribution in [2.24, 2.45) is 0 Å². The maximum atomic E-state index is 3.26. The van der Waals surface area contributed by atoms with E-state index in [0.29, 0.717) is 0 Å². The lowest BCUT2D eigenvalue weighted by Gasteiger charge is -1.94. The van der Waals surface area contributed by atoms with Gasteiger partial charge >= 0.3 is 0 Å². The van der Waals surface area contributed by atoms with E-state index in [1.807, 2.05) is 0 Å². The first-order valence-corrected chi connectivity index (χ1v) is 4.04. The molecular weight excluding hydrogens is 130 g/mol. The zero-order valence-corrected chi connectivity index (χ0v) is 6.37. The van der Waals surface area contributed by atoms with E-state index in [0.717, 1.165) is 13.1 Å². The van der Waals surface area contributed by atoms with Gasteiger partial charge in [-0.25, -0.2) is 0 Å². The number of hydrogen-bond acceptors (Lipinski definition) is 2. The molecule has 0 unspecified atom stereocenters. The smallest absolute Gasteiger partial charge is 0.0299 e. The van der Waals surface area contributed by atoms with E-state index in [4.69, 9.17) is 0 Å². The molecule has 1 heterocycles. The minimum atomic E-state index is 0. The van der Waals surface area contributed by atoms with E-state index in [1.165, 1.54) is 4.88 Å². The van der Waals surface area contributed by atoms with Crippen LogP contribution in [0.15, 0.2) is 17.5 Å². The molecule has 0 saturated carbocycles. The molecule has 0 aliphatic heterocycles. The predicted molar refractivity (Wildman–Crippen MR) is 43.8 cm³/mol. The average molecular weight is 143 g/mol. The van der Waals surface area contributed by atoms with Crippen molar-refractivity contribution >= 4 is 11.3 Å². The lowest BCUT2D eigenvalue weighted by Crippen LogP contribution is -2.10. The van der Waals surface area contributed by atoms with Crippen molar-refractivity contribution in [3.05, 3.63) is 22.4 Å². The highest BCUT2D eigenvalue weighted by Crippen LogP contribution is 2.06. The molecule has 9 heavy (non-hydrogen) atoms. The molecule has 1 aromatic heterocycles. The van der Waals surface area contributed by atoms with Crippen LogP contribution in [0.3, 0.4) is 0 Å². The molecule has 0 atom stereocenters. The molecule has 0 amide bonds. The fraction of sp³-hybridized carbons (Fsp3) is 0.429. The largest absolute Gasteiger partial charge is 0.312 e. The number of rotatable bonds is 3. The summed E-state index contributed by atoms with van der Waals surface area (Å²) >= 11 is 1.80. The van der Waals surface area contributed by atoms with Crippen LogP contribution < -0.4 is 5.32 Å². The third-order valence-electron chi connectivity index (χ3n) is 1.13. The summed E-state index contributed by atoms with van der Waals surface area (Å²) in [7, 11) is 0. The minimum Gasteiger partial charge on any atom is -0.312 e. The SMILES string of the molecule is CCNCc1cccs1.[HH]. The van der Waals surface area contributed by atoms with Crippen LogP contribution in [0.2, 0.25) is 0 Å². The normalized spacial score (nSPS) is 9.89. The summed E-state index contributed by atoms with van der Waals surface area (Å²) in [5.74, 6) is 0. The van der Waals surface area contributed by atoms with Gasteiger partial charge in [0.05, 0.1) is 0 Å². The first-order chi connectivity index (χ1) is 4.43. The van der Waals surface area contributed by atoms with Crippen molar-refractivity contribution in [1.29, 1.82) is 0 Å². The quantitative estimate of drug-likeness (QED) is 0.683. The molecule has 0 bridgehead atoms. The van der Waals surface area contributed by atoms with Gasteiger partial charge in [0.1, 0.15) is 0 Å². The van der Waals surface area contributed by atoms with E-state index in [1.54, 1.807) is 11.3 Å². The summed E-state index contributed by atoms with van der Waals surface area (Å²) in [6, 6.07) is 4.23. The molecule has 1 aromatic rings. The Morgan fingerprint density at radius 2 is 2.67 bits per heavy atom. The summed E-state index contributed by atoms with van der Waals surface area (Å²) in [5.41, 5.74) is 0. The van der Waals surface area contributed by atoms with Gasteiger partial charge in [0.25, 0.3) is 0 Å². The molecule has 0 fully saturated rings. The van der Waals surface area contributed by atoms with E-state index < -0.39 is 0 Å². The molecule has 0 aromatic carbocycles. The molecular formula is C7H13NS. The number of nitrogens with one attached hydrogen (secondary N) is 1. The van der Waals surface area contributed by atoms with Crippen LogP contribution in [0.1, 0.15) is 13.2 Å². The highest BCUT2D eigenvalue weighted by atomic mass is 32.1. The minimum absolute atomic E-state index is 0. The Morgan fingerprint density at radius 1 is 1.78 bits per heavy atom. The Bertz CT molecular complexity index is 151. The van der Waals surface area contributed by atoms with Crippen LogP contribution in [0.4, 0.5) is 0 Å². The van der Waals surface area contributed by atoms with Crippen LogP contribution in [-0.4, -0.2) is 6.54 Å². The Balaban J connectivity index is 0.000000810. The fourth-order valence-electron chi connectivity index (χ4n) is 0.661. The van der Waals surface area contributed by atoms with Gasteiger partial charge in [-0.2, -0.15) is 0 Å². The second-order valence-electron chi connectivity index (χ2n) is 1.86. The van der Waals surface area contributed by atoms with Crippen molar-refractivity contribution in [2.45, 2.75) is 13.5 Å². The maximum absolute atomic E-state index is 3.26. The van der Waals surface area contributed by atoms with Crippen molar-refractivity contribution in [2.75, 3.05) is 6.54 Å². The van der Waals surface area contributed by atoms with Gasteiger partial charge in [0.2, 0.25) is 0 Å². The van der Waals surface area contributed by atoms with Gasteiger partial charge in [-0.15, -0.1) is 11.3 Å². The Labute approximate surface area is 61.2 Å². The maximum Gasteiger partial charge on any atom is 0.0299 e. The van der Waals surface area contributed by atoms with Crippen LogP contribution in [0.25, 0.3) is 0 Å². The van der Waals surface area contributed by atoms with Gasteiger partial charge in [-0.1, -0.05) is 13.0 Å². The number of hydrogen-bond donors (Lipinski definition) is 1. The van der Waals surface area contributed by atoms with Crippen molar-refractivity contribution in [3.63, 3.8) is 0 Å². The summed E-state index contributed by atoms with van der Waals surface area (Å²) in [5, 5.41) is 5.36. The first kappa shape index (κ1) is 6.78. The summed E-state index contributed by atoms with van der Waals surface area (Å²) in [6.45, 7) is 4.19. The molecule has 1 nitrogen and oxygen atoms in total. The van der Waals surface area contributed by atoms with Gasteiger partial charge in [-0.3, -0.25) is 0 Å². The lowest BCUT2D eigenvalue weighted by molar-refractivity contribution is 0.735. The van der Waals surface area contributed by atoms with Gasteiger partial charge in [-0.05, 0) is 18.0 Å². The number of thiophene rings is 1. The highest BCUT2D eigenvalue weighted by molar-refractivity contribution is 7.09. The predicted octanol–water partition coefficient (Wildman–Crippen LogP) is 2.10. The molecule has 2 heteroatoms. The van der Waals surface area contributed by atoms with Gasteiger partial charge < -0.3 is 5.32 Å². The van der Waals surface area contributed by atoms with Gasteiger partial charge in [0.15, 0.2) is 0 Å². The van der Waals surface area contributed by atoms with Crippen molar-refractivity contribution < 1.29 is 1.43 Å². The second kappa shape index (κ2) is 3.64. The van der Waals surface area contributed by atoms with Crippen LogP contribution >= 0.6 is 11.3 Å².